The van der Waals surface area contributed by atoms with Crippen molar-refractivity contribution in [1.82, 2.24) is 4.98 Å². The fourth-order valence-electron chi connectivity index (χ4n) is 1.48. The van der Waals surface area contributed by atoms with Gasteiger partial charge in [0.2, 0.25) is 0 Å². The van der Waals surface area contributed by atoms with Gasteiger partial charge in [-0.2, -0.15) is 5.26 Å². The number of nitriles is 1. The van der Waals surface area contributed by atoms with Crippen LogP contribution in [0, 0.1) is 14.9 Å². The Morgan fingerprint density at radius 1 is 1.33 bits per heavy atom. The second-order valence-corrected chi connectivity index (χ2v) is 4.63. The molecule has 5 heteroatoms. The molecule has 0 aliphatic carbocycles. The molecule has 2 aromatic rings. The lowest BCUT2D eigenvalue weighted by atomic mass is 10.1. The van der Waals surface area contributed by atoms with E-state index in [1.54, 1.807) is 42.7 Å². The molecule has 18 heavy (non-hydrogen) atoms. The summed E-state index contributed by atoms with van der Waals surface area (Å²) in [4.78, 5) is 16.0. The van der Waals surface area contributed by atoms with Crippen LogP contribution in [0.25, 0.3) is 0 Å². The van der Waals surface area contributed by atoms with E-state index in [0.717, 1.165) is 3.57 Å². The second-order valence-electron chi connectivity index (χ2n) is 3.47. The molecule has 0 aliphatic heterocycles. The molecular formula is C13H8IN3O. The standard InChI is InChI=1S/C13H8IN3O/c14-11-5-1-3-9(7-15)12(11)13(18)17-10-4-2-6-16-8-10/h1-6,8H,(H,17,18). The fraction of sp³-hybridized carbons (Fsp3) is 0. The number of rotatable bonds is 2. The number of pyridine rings is 1. The summed E-state index contributed by atoms with van der Waals surface area (Å²) in [5.41, 5.74) is 1.36. The first-order chi connectivity index (χ1) is 8.72. The lowest BCUT2D eigenvalue weighted by molar-refractivity contribution is 0.102. The first-order valence-corrected chi connectivity index (χ1v) is 6.20. The van der Waals surface area contributed by atoms with Gasteiger partial charge in [-0.25, -0.2) is 0 Å². The summed E-state index contributed by atoms with van der Waals surface area (Å²) in [5, 5.41) is 11.7. The molecule has 1 aromatic carbocycles. The van der Waals surface area contributed by atoms with Crippen molar-refractivity contribution in [3.63, 3.8) is 0 Å². The van der Waals surface area contributed by atoms with Crippen molar-refractivity contribution in [3.05, 3.63) is 57.4 Å². The van der Waals surface area contributed by atoms with Gasteiger partial charge in [0, 0.05) is 9.77 Å². The van der Waals surface area contributed by atoms with Crippen molar-refractivity contribution in [1.29, 1.82) is 5.26 Å². The Kier molecular flexibility index (Phi) is 3.89. The molecule has 0 saturated heterocycles. The monoisotopic (exact) mass is 349 g/mol. The van der Waals surface area contributed by atoms with Crippen LogP contribution in [0.15, 0.2) is 42.7 Å². The predicted octanol–water partition coefficient (Wildman–Crippen LogP) is 2.81. The zero-order valence-corrected chi connectivity index (χ0v) is 11.4. The highest BCUT2D eigenvalue weighted by atomic mass is 127. The van der Waals surface area contributed by atoms with Crippen LogP contribution in [-0.4, -0.2) is 10.9 Å². The van der Waals surface area contributed by atoms with Gasteiger partial charge >= 0.3 is 0 Å². The number of hydrogen-bond acceptors (Lipinski definition) is 3. The van der Waals surface area contributed by atoms with Gasteiger partial charge in [0.15, 0.2) is 0 Å². The molecule has 0 atom stereocenters. The third-order valence-electron chi connectivity index (χ3n) is 2.28. The van der Waals surface area contributed by atoms with Crippen molar-refractivity contribution < 1.29 is 4.79 Å². The highest BCUT2D eigenvalue weighted by Gasteiger charge is 2.15. The van der Waals surface area contributed by atoms with Gasteiger partial charge in [-0.1, -0.05) is 6.07 Å². The van der Waals surface area contributed by atoms with Gasteiger partial charge in [-0.05, 0) is 46.9 Å². The van der Waals surface area contributed by atoms with Crippen molar-refractivity contribution >= 4 is 34.2 Å². The second kappa shape index (κ2) is 5.60. The van der Waals surface area contributed by atoms with E-state index in [2.05, 4.69) is 10.3 Å². The van der Waals surface area contributed by atoms with Crippen molar-refractivity contribution in [3.8, 4) is 6.07 Å². The molecule has 0 radical (unpaired) electrons. The van der Waals surface area contributed by atoms with Crippen molar-refractivity contribution in [2.24, 2.45) is 0 Å². The minimum absolute atomic E-state index is 0.301. The minimum Gasteiger partial charge on any atom is -0.321 e. The van der Waals surface area contributed by atoms with E-state index < -0.39 is 0 Å². The summed E-state index contributed by atoms with van der Waals surface area (Å²) in [6, 6.07) is 10.7. The number of aromatic nitrogens is 1. The maximum atomic E-state index is 12.1. The van der Waals surface area contributed by atoms with E-state index in [-0.39, 0.29) is 5.91 Å². The topological polar surface area (TPSA) is 65.8 Å². The third-order valence-corrected chi connectivity index (χ3v) is 3.18. The Balaban J connectivity index is 2.33. The largest absolute Gasteiger partial charge is 0.321 e. The number of carbonyl (C=O) groups is 1. The minimum atomic E-state index is -0.301. The Hall–Kier alpha value is -1.94. The summed E-state index contributed by atoms with van der Waals surface area (Å²) >= 11 is 2.04. The fourth-order valence-corrected chi connectivity index (χ4v) is 2.22. The zero-order chi connectivity index (χ0) is 13.0. The van der Waals surface area contributed by atoms with Gasteiger partial charge in [-0.15, -0.1) is 0 Å². The Bertz CT molecular complexity index is 620. The van der Waals surface area contributed by atoms with E-state index in [1.165, 1.54) is 0 Å². The molecule has 2 rings (SSSR count). The third kappa shape index (κ3) is 2.65. The Morgan fingerprint density at radius 3 is 2.83 bits per heavy atom. The average molecular weight is 349 g/mol. The van der Waals surface area contributed by atoms with Crippen molar-refractivity contribution in [2.75, 3.05) is 5.32 Å². The molecule has 0 aliphatic rings. The quantitative estimate of drug-likeness (QED) is 0.848. The summed E-state index contributed by atoms with van der Waals surface area (Å²) in [6.07, 6.45) is 3.18. The van der Waals surface area contributed by atoms with Crippen LogP contribution in [0.3, 0.4) is 0 Å². The van der Waals surface area contributed by atoms with E-state index >= 15 is 0 Å². The number of hydrogen-bond donors (Lipinski definition) is 1. The Morgan fingerprint density at radius 2 is 2.17 bits per heavy atom. The maximum Gasteiger partial charge on any atom is 0.258 e. The number of carbonyl (C=O) groups excluding carboxylic acids is 1. The smallest absolute Gasteiger partial charge is 0.258 e. The highest BCUT2D eigenvalue weighted by molar-refractivity contribution is 14.1. The summed E-state index contributed by atoms with van der Waals surface area (Å²) in [5.74, 6) is -0.301. The van der Waals surface area contributed by atoms with Crippen LogP contribution in [0.1, 0.15) is 15.9 Å². The van der Waals surface area contributed by atoms with Gasteiger partial charge < -0.3 is 5.32 Å². The van der Waals surface area contributed by atoms with E-state index in [1.807, 2.05) is 28.7 Å². The number of amides is 1. The van der Waals surface area contributed by atoms with E-state index in [0.29, 0.717) is 16.8 Å². The highest BCUT2D eigenvalue weighted by Crippen LogP contribution is 2.18. The van der Waals surface area contributed by atoms with E-state index in [9.17, 15) is 4.79 Å². The number of nitrogens with zero attached hydrogens (tertiary/aromatic N) is 2. The van der Waals surface area contributed by atoms with Crippen LogP contribution in [-0.2, 0) is 0 Å². The molecule has 0 saturated carbocycles. The molecule has 4 nitrogen and oxygen atoms in total. The van der Waals surface area contributed by atoms with E-state index in [4.69, 9.17) is 5.26 Å². The normalized spacial score (nSPS) is 9.56. The molecule has 1 aromatic heterocycles. The van der Waals surface area contributed by atoms with Crippen LogP contribution in [0.2, 0.25) is 0 Å². The maximum absolute atomic E-state index is 12.1. The number of benzene rings is 1. The molecule has 0 spiro atoms. The molecule has 0 bridgehead atoms. The van der Waals surface area contributed by atoms with Crippen LogP contribution in [0.5, 0.6) is 0 Å². The summed E-state index contributed by atoms with van der Waals surface area (Å²) < 4.78 is 0.744. The summed E-state index contributed by atoms with van der Waals surface area (Å²) in [6.45, 7) is 0. The first kappa shape index (κ1) is 12.5. The molecular weight excluding hydrogens is 341 g/mol. The van der Waals surface area contributed by atoms with Gasteiger partial charge in [0.25, 0.3) is 5.91 Å². The van der Waals surface area contributed by atoms with Crippen LogP contribution >= 0.6 is 22.6 Å². The first-order valence-electron chi connectivity index (χ1n) is 5.12. The average Bonchev–Trinajstić information content (AvgIpc) is 2.39. The lowest BCUT2D eigenvalue weighted by Gasteiger charge is -2.07. The van der Waals surface area contributed by atoms with Gasteiger partial charge in [0.05, 0.1) is 29.1 Å². The Labute approximate surface area is 118 Å². The lowest BCUT2D eigenvalue weighted by Crippen LogP contribution is -2.15. The van der Waals surface area contributed by atoms with Crippen LogP contribution in [0.4, 0.5) is 5.69 Å². The molecule has 1 N–H and O–H groups in total. The zero-order valence-electron chi connectivity index (χ0n) is 9.22. The molecule has 0 fully saturated rings. The number of halogens is 1. The van der Waals surface area contributed by atoms with Gasteiger partial charge in [-0.3, -0.25) is 9.78 Å². The molecule has 0 unspecified atom stereocenters. The molecule has 88 valence electrons. The van der Waals surface area contributed by atoms with Crippen molar-refractivity contribution in [2.45, 2.75) is 0 Å². The predicted molar refractivity (Wildman–Crippen MR) is 76.1 cm³/mol. The summed E-state index contributed by atoms with van der Waals surface area (Å²) in [7, 11) is 0. The SMILES string of the molecule is N#Cc1cccc(I)c1C(=O)Nc1cccnc1. The van der Waals surface area contributed by atoms with Gasteiger partial charge in [0.1, 0.15) is 0 Å². The van der Waals surface area contributed by atoms with Crippen LogP contribution < -0.4 is 5.32 Å². The molecule has 1 heterocycles. The molecule has 1 amide bonds. The number of anilines is 1. The number of nitrogens with one attached hydrogen (secondary N) is 1.